The van der Waals surface area contributed by atoms with Crippen LogP contribution in [0.4, 0.5) is 5.95 Å². The highest BCUT2D eigenvalue weighted by molar-refractivity contribution is 5.86. The minimum absolute atomic E-state index is 0.0598. The Kier molecular flexibility index (Phi) is 3.14. The van der Waals surface area contributed by atoms with Gasteiger partial charge in [-0.15, -0.1) is 0 Å². The molecule has 0 aliphatic rings. The molecule has 0 radical (unpaired) electrons. The van der Waals surface area contributed by atoms with Gasteiger partial charge in [0.1, 0.15) is 5.78 Å². The quantitative estimate of drug-likeness (QED) is 0.867. The molecule has 1 unspecified atom stereocenters. The lowest BCUT2D eigenvalue weighted by molar-refractivity contribution is -0.117. The first-order valence-electron chi connectivity index (χ1n) is 5.31. The first kappa shape index (κ1) is 11.3. The van der Waals surface area contributed by atoms with Gasteiger partial charge < -0.3 is 5.73 Å². The number of carbonyl (C=O) groups is 1. The second-order valence-corrected chi connectivity index (χ2v) is 3.83. The Labute approximate surface area is 99.5 Å². The van der Waals surface area contributed by atoms with E-state index in [1.165, 1.54) is 0 Å². The molecule has 1 aromatic heterocycles. The molecule has 2 aromatic rings. The van der Waals surface area contributed by atoms with Crippen molar-refractivity contribution in [3.8, 4) is 0 Å². The van der Waals surface area contributed by atoms with Crippen molar-refractivity contribution >= 4 is 11.7 Å². The molecule has 4 heteroatoms. The lowest BCUT2D eigenvalue weighted by Crippen LogP contribution is -2.11. The Morgan fingerprint density at radius 1 is 1.12 bits per heavy atom. The summed E-state index contributed by atoms with van der Waals surface area (Å²) in [6.07, 6.45) is 3.20. The summed E-state index contributed by atoms with van der Waals surface area (Å²) in [4.78, 5) is 19.6. The summed E-state index contributed by atoms with van der Waals surface area (Å²) in [5.74, 6) is -0.0505. The highest BCUT2D eigenvalue weighted by atomic mass is 16.1. The number of nitrogens with two attached hydrogens (primary N) is 1. The van der Waals surface area contributed by atoms with Crippen molar-refractivity contribution in [2.45, 2.75) is 12.8 Å². The number of rotatable bonds is 3. The lowest BCUT2D eigenvalue weighted by atomic mass is 9.90. The fourth-order valence-electron chi connectivity index (χ4n) is 1.80. The van der Waals surface area contributed by atoms with Gasteiger partial charge in [0.05, 0.1) is 5.92 Å². The first-order chi connectivity index (χ1) is 8.18. The molecule has 0 aliphatic carbocycles. The van der Waals surface area contributed by atoms with Gasteiger partial charge in [0.25, 0.3) is 0 Å². The largest absolute Gasteiger partial charge is 0.368 e. The topological polar surface area (TPSA) is 68.9 Å². The van der Waals surface area contributed by atoms with Crippen LogP contribution in [0.3, 0.4) is 0 Å². The Bertz CT molecular complexity index is 508. The van der Waals surface area contributed by atoms with E-state index in [1.54, 1.807) is 19.3 Å². The summed E-state index contributed by atoms with van der Waals surface area (Å²) in [6, 6.07) is 9.57. The number of nitrogens with zero attached hydrogens (tertiary/aromatic N) is 2. The van der Waals surface area contributed by atoms with Crippen molar-refractivity contribution in [1.82, 2.24) is 9.97 Å². The minimum atomic E-state index is -0.322. The third-order valence-corrected chi connectivity index (χ3v) is 2.56. The Morgan fingerprint density at radius 3 is 2.24 bits per heavy atom. The molecule has 0 saturated carbocycles. The Balaban J connectivity index is 2.43. The van der Waals surface area contributed by atoms with Gasteiger partial charge >= 0.3 is 0 Å². The van der Waals surface area contributed by atoms with Gasteiger partial charge in [0.15, 0.2) is 0 Å². The zero-order chi connectivity index (χ0) is 12.3. The number of aromatic nitrogens is 2. The Hall–Kier alpha value is -2.23. The molecule has 0 saturated heterocycles. The predicted molar refractivity (Wildman–Crippen MR) is 65.4 cm³/mol. The average Bonchev–Trinajstić information content (AvgIpc) is 2.33. The fraction of sp³-hybridized carbons (Fsp3) is 0.154. The maximum absolute atomic E-state index is 11.7. The van der Waals surface area contributed by atoms with E-state index in [2.05, 4.69) is 9.97 Å². The van der Waals surface area contributed by atoms with Crippen molar-refractivity contribution < 1.29 is 4.79 Å². The van der Waals surface area contributed by atoms with E-state index in [4.69, 9.17) is 5.73 Å². The number of Topliss-reactive ketones (excluding diaryl/α,β-unsaturated/α-hetero) is 1. The molecule has 0 aliphatic heterocycles. The van der Waals surface area contributed by atoms with Gasteiger partial charge in [-0.25, -0.2) is 9.97 Å². The van der Waals surface area contributed by atoms with Crippen LogP contribution in [-0.4, -0.2) is 15.8 Å². The SMILES string of the molecule is CC(=O)C(c1ccccc1)c1cnc(N)nc1. The summed E-state index contributed by atoms with van der Waals surface area (Å²) >= 11 is 0. The van der Waals surface area contributed by atoms with E-state index in [1.807, 2.05) is 30.3 Å². The fourth-order valence-corrected chi connectivity index (χ4v) is 1.80. The van der Waals surface area contributed by atoms with Gasteiger partial charge in [-0.2, -0.15) is 0 Å². The molecule has 1 aromatic carbocycles. The number of hydrogen-bond acceptors (Lipinski definition) is 4. The molecule has 1 atom stereocenters. The van der Waals surface area contributed by atoms with Gasteiger partial charge in [-0.05, 0) is 12.5 Å². The summed E-state index contributed by atoms with van der Waals surface area (Å²) < 4.78 is 0. The standard InChI is InChI=1S/C13H13N3O/c1-9(17)12(10-5-3-2-4-6-10)11-7-15-13(14)16-8-11/h2-8,12H,1H3,(H2,14,15,16). The van der Waals surface area contributed by atoms with Crippen molar-refractivity contribution in [3.05, 3.63) is 53.9 Å². The molecule has 2 rings (SSSR count). The second kappa shape index (κ2) is 4.74. The van der Waals surface area contributed by atoms with E-state index in [-0.39, 0.29) is 17.6 Å². The molecular formula is C13H13N3O. The van der Waals surface area contributed by atoms with E-state index in [9.17, 15) is 4.79 Å². The molecule has 0 spiro atoms. The average molecular weight is 227 g/mol. The van der Waals surface area contributed by atoms with Crippen LogP contribution in [0.1, 0.15) is 24.0 Å². The number of hydrogen-bond donors (Lipinski definition) is 1. The number of nitrogen functional groups attached to an aromatic ring is 1. The molecule has 2 N–H and O–H groups in total. The molecule has 86 valence electrons. The summed E-state index contributed by atoms with van der Waals surface area (Å²) in [5, 5.41) is 0. The highest BCUT2D eigenvalue weighted by Gasteiger charge is 2.19. The van der Waals surface area contributed by atoms with E-state index in [0.29, 0.717) is 0 Å². The van der Waals surface area contributed by atoms with Crippen molar-refractivity contribution in [3.63, 3.8) is 0 Å². The summed E-state index contributed by atoms with van der Waals surface area (Å²) in [6.45, 7) is 1.56. The number of benzene rings is 1. The van der Waals surface area contributed by atoms with Gasteiger partial charge in [0, 0.05) is 18.0 Å². The van der Waals surface area contributed by atoms with Crippen LogP contribution in [-0.2, 0) is 4.79 Å². The van der Waals surface area contributed by atoms with E-state index in [0.717, 1.165) is 11.1 Å². The molecule has 1 heterocycles. The number of carbonyl (C=O) groups excluding carboxylic acids is 1. The van der Waals surface area contributed by atoms with Crippen molar-refractivity contribution in [1.29, 1.82) is 0 Å². The summed E-state index contributed by atoms with van der Waals surface area (Å²) in [7, 11) is 0. The van der Waals surface area contributed by atoms with Crippen LogP contribution in [0.5, 0.6) is 0 Å². The normalized spacial score (nSPS) is 12.1. The molecular weight excluding hydrogens is 214 g/mol. The van der Waals surface area contributed by atoms with Crippen LogP contribution in [0.2, 0.25) is 0 Å². The third-order valence-electron chi connectivity index (χ3n) is 2.56. The van der Waals surface area contributed by atoms with Crippen LogP contribution >= 0.6 is 0 Å². The first-order valence-corrected chi connectivity index (χ1v) is 5.31. The van der Waals surface area contributed by atoms with Crippen LogP contribution in [0.15, 0.2) is 42.7 Å². The van der Waals surface area contributed by atoms with Crippen LogP contribution < -0.4 is 5.73 Å². The van der Waals surface area contributed by atoms with Gasteiger partial charge in [-0.1, -0.05) is 30.3 Å². The smallest absolute Gasteiger partial charge is 0.219 e. The second-order valence-electron chi connectivity index (χ2n) is 3.83. The predicted octanol–water partition coefficient (Wildman–Crippen LogP) is 1.78. The molecule has 0 fully saturated rings. The molecule has 4 nitrogen and oxygen atoms in total. The maximum Gasteiger partial charge on any atom is 0.219 e. The van der Waals surface area contributed by atoms with E-state index < -0.39 is 0 Å². The van der Waals surface area contributed by atoms with Crippen molar-refractivity contribution in [2.75, 3.05) is 5.73 Å². The zero-order valence-electron chi connectivity index (χ0n) is 9.50. The minimum Gasteiger partial charge on any atom is -0.368 e. The molecule has 0 amide bonds. The monoisotopic (exact) mass is 227 g/mol. The van der Waals surface area contributed by atoms with Crippen molar-refractivity contribution in [2.24, 2.45) is 0 Å². The molecule has 0 bridgehead atoms. The van der Waals surface area contributed by atoms with Gasteiger partial charge in [0.2, 0.25) is 5.95 Å². The van der Waals surface area contributed by atoms with E-state index >= 15 is 0 Å². The number of ketones is 1. The maximum atomic E-state index is 11.7. The van der Waals surface area contributed by atoms with Gasteiger partial charge in [-0.3, -0.25) is 4.79 Å². The Morgan fingerprint density at radius 2 is 1.71 bits per heavy atom. The third kappa shape index (κ3) is 2.47. The number of anilines is 1. The molecule has 17 heavy (non-hydrogen) atoms. The lowest BCUT2D eigenvalue weighted by Gasteiger charge is -2.13. The van der Waals surface area contributed by atoms with Crippen LogP contribution in [0, 0.1) is 0 Å². The zero-order valence-corrected chi connectivity index (χ0v) is 9.50. The van der Waals surface area contributed by atoms with Crippen LogP contribution in [0.25, 0.3) is 0 Å². The summed E-state index contributed by atoms with van der Waals surface area (Å²) in [5.41, 5.74) is 7.13. The highest BCUT2D eigenvalue weighted by Crippen LogP contribution is 2.24.